The molecule has 1 saturated heterocycles. The van der Waals surface area contributed by atoms with Crippen LogP contribution in [-0.2, 0) is 21.2 Å². The Kier molecular flexibility index (Phi) is 6.26. The lowest BCUT2D eigenvalue weighted by Crippen LogP contribution is -2.31. The minimum Gasteiger partial charge on any atom is -0.343 e. The first-order valence-electron chi connectivity index (χ1n) is 8.85. The summed E-state index contributed by atoms with van der Waals surface area (Å²) in [6, 6.07) is 8.20. The molecule has 2 heterocycles. The molecule has 1 fully saturated rings. The van der Waals surface area contributed by atoms with Gasteiger partial charge in [-0.15, -0.1) is 11.3 Å². The molecule has 1 aromatic heterocycles. The van der Waals surface area contributed by atoms with Crippen molar-refractivity contribution >= 4 is 32.4 Å². The topological polar surface area (TPSA) is 79.4 Å². The fourth-order valence-electron chi connectivity index (χ4n) is 2.96. The number of carbonyl (C=O) groups is 1. The molecule has 140 valence electrons. The number of nitrogens with one attached hydrogen (secondary N) is 1. The molecule has 1 N–H and O–H groups in total. The second-order valence-corrected chi connectivity index (χ2v) is 8.90. The lowest BCUT2D eigenvalue weighted by molar-refractivity contribution is -0.131. The van der Waals surface area contributed by atoms with Gasteiger partial charge in [-0.1, -0.05) is 31.0 Å². The van der Waals surface area contributed by atoms with E-state index in [1.54, 1.807) is 23.6 Å². The number of hydrogen-bond donors (Lipinski definition) is 1. The smallest absolute Gasteiger partial charge is 0.263 e. The van der Waals surface area contributed by atoms with Gasteiger partial charge in [-0.3, -0.25) is 9.52 Å². The largest absolute Gasteiger partial charge is 0.343 e. The molecule has 0 spiro atoms. The highest BCUT2D eigenvalue weighted by atomic mass is 32.2. The summed E-state index contributed by atoms with van der Waals surface area (Å²) in [5, 5.41) is 2.13. The lowest BCUT2D eigenvalue weighted by Gasteiger charge is -2.19. The van der Waals surface area contributed by atoms with Crippen LogP contribution in [0.5, 0.6) is 0 Å². The predicted octanol–water partition coefficient (Wildman–Crippen LogP) is 3.28. The third-order valence-electron chi connectivity index (χ3n) is 4.38. The number of sulfonamides is 1. The molecule has 8 heteroatoms. The van der Waals surface area contributed by atoms with E-state index < -0.39 is 10.0 Å². The number of nitrogens with zero attached hydrogens (tertiary/aromatic N) is 2. The predicted molar refractivity (Wildman–Crippen MR) is 103 cm³/mol. The molecule has 1 aromatic carbocycles. The van der Waals surface area contributed by atoms with Gasteiger partial charge in [0.1, 0.15) is 0 Å². The zero-order valence-corrected chi connectivity index (χ0v) is 16.2. The first kappa shape index (κ1) is 18.8. The molecule has 26 heavy (non-hydrogen) atoms. The summed E-state index contributed by atoms with van der Waals surface area (Å²) in [5.41, 5.74) is 0.740. The van der Waals surface area contributed by atoms with E-state index in [1.165, 1.54) is 36.3 Å². The maximum atomic E-state index is 12.3. The van der Waals surface area contributed by atoms with Crippen molar-refractivity contribution in [3.8, 4) is 0 Å². The van der Waals surface area contributed by atoms with Crippen molar-refractivity contribution in [2.24, 2.45) is 0 Å². The quantitative estimate of drug-likeness (QED) is 0.817. The van der Waals surface area contributed by atoms with E-state index in [4.69, 9.17) is 0 Å². The standard InChI is InChI=1S/C18H23N3O3S2/c22-17(21-12-6-1-2-7-13-21)11-10-15-14-25-18(19-15)20-26(23,24)16-8-4-3-5-9-16/h3-5,8-9,14H,1-2,6-7,10-13H2,(H,19,20). The van der Waals surface area contributed by atoms with Crippen molar-refractivity contribution in [3.63, 3.8) is 0 Å². The van der Waals surface area contributed by atoms with Crippen LogP contribution in [0.25, 0.3) is 0 Å². The van der Waals surface area contributed by atoms with Crippen molar-refractivity contribution in [2.75, 3.05) is 17.8 Å². The number of thiazole rings is 1. The van der Waals surface area contributed by atoms with Crippen LogP contribution in [0.2, 0.25) is 0 Å². The summed E-state index contributed by atoms with van der Waals surface area (Å²) in [6.07, 6.45) is 5.48. The van der Waals surface area contributed by atoms with Crippen molar-refractivity contribution in [1.82, 2.24) is 9.88 Å². The number of hydrogen-bond acceptors (Lipinski definition) is 5. The summed E-state index contributed by atoms with van der Waals surface area (Å²) in [6.45, 7) is 1.69. The summed E-state index contributed by atoms with van der Waals surface area (Å²) in [4.78, 5) is 18.8. The molecule has 3 rings (SSSR count). The van der Waals surface area contributed by atoms with Crippen molar-refractivity contribution in [3.05, 3.63) is 41.4 Å². The maximum absolute atomic E-state index is 12.3. The maximum Gasteiger partial charge on any atom is 0.263 e. The fraction of sp³-hybridized carbons (Fsp3) is 0.444. The molecule has 2 aromatic rings. The number of aromatic nitrogens is 1. The van der Waals surface area contributed by atoms with Gasteiger partial charge in [0.05, 0.1) is 10.6 Å². The van der Waals surface area contributed by atoms with Gasteiger partial charge in [-0.05, 0) is 31.4 Å². The van der Waals surface area contributed by atoms with E-state index in [0.717, 1.165) is 31.6 Å². The normalized spacial score (nSPS) is 15.5. The van der Waals surface area contributed by atoms with E-state index in [9.17, 15) is 13.2 Å². The number of aryl methyl sites for hydroxylation is 1. The molecule has 0 bridgehead atoms. The Labute approximate surface area is 158 Å². The van der Waals surface area contributed by atoms with E-state index in [0.29, 0.717) is 18.0 Å². The minimum absolute atomic E-state index is 0.159. The van der Waals surface area contributed by atoms with Gasteiger partial charge in [-0.2, -0.15) is 0 Å². The zero-order chi connectivity index (χ0) is 18.4. The Bertz CT molecular complexity index is 826. The lowest BCUT2D eigenvalue weighted by atomic mass is 10.2. The van der Waals surface area contributed by atoms with Crippen molar-refractivity contribution in [2.45, 2.75) is 43.4 Å². The number of benzene rings is 1. The molecule has 1 aliphatic rings. The monoisotopic (exact) mass is 393 g/mol. The van der Waals surface area contributed by atoms with Gasteiger partial charge in [0.2, 0.25) is 5.91 Å². The van der Waals surface area contributed by atoms with E-state index >= 15 is 0 Å². The van der Waals surface area contributed by atoms with Crippen LogP contribution in [0.15, 0.2) is 40.6 Å². The number of carbonyl (C=O) groups excluding carboxylic acids is 1. The third kappa shape index (κ3) is 5.04. The van der Waals surface area contributed by atoms with Gasteiger partial charge in [0.25, 0.3) is 10.0 Å². The van der Waals surface area contributed by atoms with Gasteiger partial charge >= 0.3 is 0 Å². The van der Waals surface area contributed by atoms with Gasteiger partial charge in [-0.25, -0.2) is 13.4 Å². The molecule has 0 radical (unpaired) electrons. The summed E-state index contributed by atoms with van der Waals surface area (Å²) < 4.78 is 27.1. The molecular weight excluding hydrogens is 370 g/mol. The molecule has 0 unspecified atom stereocenters. The van der Waals surface area contributed by atoms with Gasteiger partial charge in [0, 0.05) is 24.9 Å². The molecule has 0 saturated carbocycles. The first-order valence-corrected chi connectivity index (χ1v) is 11.2. The molecule has 1 amide bonds. The zero-order valence-electron chi connectivity index (χ0n) is 14.6. The number of anilines is 1. The summed E-state index contributed by atoms with van der Waals surface area (Å²) in [7, 11) is -3.63. The molecule has 0 atom stereocenters. The summed E-state index contributed by atoms with van der Waals surface area (Å²) in [5.74, 6) is 0.159. The molecule has 1 aliphatic heterocycles. The van der Waals surface area contributed by atoms with Crippen LogP contribution in [0.4, 0.5) is 5.13 Å². The third-order valence-corrected chi connectivity index (χ3v) is 6.67. The Morgan fingerprint density at radius 1 is 1.12 bits per heavy atom. The second kappa shape index (κ2) is 8.64. The van der Waals surface area contributed by atoms with Gasteiger partial charge < -0.3 is 4.90 Å². The van der Waals surface area contributed by atoms with Gasteiger partial charge in [0.15, 0.2) is 5.13 Å². The van der Waals surface area contributed by atoms with E-state index in [2.05, 4.69) is 9.71 Å². The Balaban J connectivity index is 1.55. The van der Waals surface area contributed by atoms with E-state index in [1.807, 2.05) is 4.90 Å². The minimum atomic E-state index is -3.63. The number of likely N-dealkylation sites (tertiary alicyclic amines) is 1. The highest BCUT2D eigenvalue weighted by Gasteiger charge is 2.18. The average molecular weight is 394 g/mol. The number of amides is 1. The van der Waals surface area contributed by atoms with Crippen molar-refractivity contribution < 1.29 is 13.2 Å². The second-order valence-electron chi connectivity index (χ2n) is 6.36. The van der Waals surface area contributed by atoms with Crippen LogP contribution in [0.3, 0.4) is 0 Å². The Morgan fingerprint density at radius 3 is 2.50 bits per heavy atom. The molecule has 6 nitrogen and oxygen atoms in total. The van der Waals surface area contributed by atoms with Crippen LogP contribution < -0.4 is 4.72 Å². The van der Waals surface area contributed by atoms with Crippen LogP contribution in [-0.4, -0.2) is 37.3 Å². The average Bonchev–Trinajstić information content (AvgIpc) is 2.90. The molecule has 0 aliphatic carbocycles. The highest BCUT2D eigenvalue weighted by Crippen LogP contribution is 2.21. The van der Waals surface area contributed by atoms with Crippen LogP contribution in [0.1, 0.15) is 37.8 Å². The fourth-order valence-corrected chi connectivity index (χ4v) is 4.97. The first-order chi connectivity index (χ1) is 12.5. The molecular formula is C18H23N3O3S2. The Morgan fingerprint density at radius 2 is 1.81 bits per heavy atom. The van der Waals surface area contributed by atoms with Crippen molar-refractivity contribution in [1.29, 1.82) is 0 Å². The van der Waals surface area contributed by atoms with E-state index in [-0.39, 0.29) is 10.8 Å². The highest BCUT2D eigenvalue weighted by molar-refractivity contribution is 7.93. The number of rotatable bonds is 6. The SMILES string of the molecule is O=C(CCc1csc(NS(=O)(=O)c2ccccc2)n1)N1CCCCCC1. The Hall–Kier alpha value is -1.93. The summed E-state index contributed by atoms with van der Waals surface area (Å²) >= 11 is 1.24. The van der Waals surface area contributed by atoms with Crippen LogP contribution in [0, 0.1) is 0 Å². The van der Waals surface area contributed by atoms with Crippen LogP contribution >= 0.6 is 11.3 Å².